The van der Waals surface area contributed by atoms with Crippen molar-refractivity contribution in [2.24, 2.45) is 4.99 Å². The molecule has 2 rings (SSSR count). The monoisotopic (exact) mass is 405 g/mol. The van der Waals surface area contributed by atoms with Gasteiger partial charge in [0.2, 0.25) is 0 Å². The number of nitrogens with zero attached hydrogens (tertiary/aromatic N) is 1. The Morgan fingerprint density at radius 3 is 2.55 bits per heavy atom. The lowest BCUT2D eigenvalue weighted by molar-refractivity contribution is 0.624. The second kappa shape index (κ2) is 8.91. The number of guanidine groups is 1. The van der Waals surface area contributed by atoms with E-state index in [1.54, 1.807) is 24.5 Å². The molecule has 108 valence electrons. The van der Waals surface area contributed by atoms with Gasteiger partial charge in [-0.25, -0.2) is 4.39 Å². The minimum absolute atomic E-state index is 0. The molecule has 6 heteroatoms. The zero-order chi connectivity index (χ0) is 13.5. The molecule has 0 aliphatic carbocycles. The molecule has 1 aromatic heterocycles. The first-order chi connectivity index (χ1) is 9.28. The van der Waals surface area contributed by atoms with Crippen LogP contribution in [0.3, 0.4) is 0 Å². The van der Waals surface area contributed by atoms with E-state index in [1.807, 2.05) is 11.4 Å². The summed E-state index contributed by atoms with van der Waals surface area (Å²) in [5.41, 5.74) is 2.11. The SMILES string of the molecule is CN=C(NCc1ccsc1)NCc1cccc(F)c1.I. The van der Waals surface area contributed by atoms with Crippen molar-refractivity contribution in [1.82, 2.24) is 10.6 Å². The molecule has 0 bridgehead atoms. The fraction of sp³-hybridized carbons (Fsp3) is 0.214. The highest BCUT2D eigenvalue weighted by Gasteiger charge is 2.00. The first-order valence-electron chi connectivity index (χ1n) is 5.98. The Hall–Kier alpha value is -1.15. The van der Waals surface area contributed by atoms with Gasteiger partial charge >= 0.3 is 0 Å². The van der Waals surface area contributed by atoms with Crippen LogP contribution >= 0.6 is 35.3 Å². The molecule has 20 heavy (non-hydrogen) atoms. The average Bonchev–Trinajstić information content (AvgIpc) is 2.92. The zero-order valence-electron chi connectivity index (χ0n) is 11.1. The van der Waals surface area contributed by atoms with Crippen molar-refractivity contribution in [3.05, 3.63) is 58.0 Å². The summed E-state index contributed by atoms with van der Waals surface area (Å²) >= 11 is 1.67. The third-order valence-electron chi connectivity index (χ3n) is 2.61. The number of hydrogen-bond donors (Lipinski definition) is 2. The van der Waals surface area contributed by atoms with Crippen LogP contribution in [0.5, 0.6) is 0 Å². The van der Waals surface area contributed by atoms with Crippen molar-refractivity contribution < 1.29 is 4.39 Å². The lowest BCUT2D eigenvalue weighted by Gasteiger charge is -2.11. The van der Waals surface area contributed by atoms with E-state index < -0.39 is 0 Å². The van der Waals surface area contributed by atoms with Gasteiger partial charge in [0.15, 0.2) is 5.96 Å². The third-order valence-corrected chi connectivity index (χ3v) is 3.34. The van der Waals surface area contributed by atoms with Crippen molar-refractivity contribution in [3.8, 4) is 0 Å². The number of thiophene rings is 1. The van der Waals surface area contributed by atoms with Crippen LogP contribution in [0, 0.1) is 5.82 Å². The van der Waals surface area contributed by atoms with Crippen LogP contribution in [-0.2, 0) is 13.1 Å². The van der Waals surface area contributed by atoms with E-state index in [9.17, 15) is 4.39 Å². The molecule has 0 fully saturated rings. The quantitative estimate of drug-likeness (QED) is 0.465. The van der Waals surface area contributed by atoms with E-state index >= 15 is 0 Å². The number of rotatable bonds is 4. The largest absolute Gasteiger partial charge is 0.352 e. The van der Waals surface area contributed by atoms with Crippen LogP contribution in [0.4, 0.5) is 4.39 Å². The zero-order valence-corrected chi connectivity index (χ0v) is 14.2. The van der Waals surface area contributed by atoms with Crippen LogP contribution in [0.25, 0.3) is 0 Å². The molecule has 0 radical (unpaired) electrons. The van der Waals surface area contributed by atoms with Gasteiger partial charge < -0.3 is 10.6 Å². The molecule has 0 amide bonds. The van der Waals surface area contributed by atoms with Crippen molar-refractivity contribution >= 4 is 41.3 Å². The average molecular weight is 405 g/mol. The molecule has 2 aromatic rings. The van der Waals surface area contributed by atoms with Gasteiger partial charge in [0.25, 0.3) is 0 Å². The van der Waals surface area contributed by atoms with Crippen molar-refractivity contribution in [2.45, 2.75) is 13.1 Å². The molecule has 1 heterocycles. The van der Waals surface area contributed by atoms with Crippen LogP contribution in [0.2, 0.25) is 0 Å². The maximum absolute atomic E-state index is 13.0. The summed E-state index contributed by atoms with van der Waals surface area (Å²) in [6.45, 7) is 1.27. The van der Waals surface area contributed by atoms with E-state index in [-0.39, 0.29) is 29.8 Å². The Morgan fingerprint density at radius 2 is 1.95 bits per heavy atom. The summed E-state index contributed by atoms with van der Waals surface area (Å²) in [5, 5.41) is 10.5. The van der Waals surface area contributed by atoms with Gasteiger partial charge in [-0.3, -0.25) is 4.99 Å². The highest BCUT2D eigenvalue weighted by molar-refractivity contribution is 14.0. The van der Waals surface area contributed by atoms with Gasteiger partial charge in [-0.2, -0.15) is 11.3 Å². The summed E-state index contributed by atoms with van der Waals surface area (Å²) < 4.78 is 13.0. The molecule has 0 unspecified atom stereocenters. The van der Waals surface area contributed by atoms with Crippen LogP contribution in [0.15, 0.2) is 46.1 Å². The van der Waals surface area contributed by atoms with Gasteiger partial charge in [0.1, 0.15) is 5.82 Å². The van der Waals surface area contributed by atoms with Crippen LogP contribution in [-0.4, -0.2) is 13.0 Å². The topological polar surface area (TPSA) is 36.4 Å². The lowest BCUT2D eigenvalue weighted by Crippen LogP contribution is -2.36. The van der Waals surface area contributed by atoms with Crippen molar-refractivity contribution in [1.29, 1.82) is 0 Å². The summed E-state index contributed by atoms with van der Waals surface area (Å²) in [4.78, 5) is 4.13. The van der Waals surface area contributed by atoms with Gasteiger partial charge in [0, 0.05) is 20.1 Å². The molecule has 3 nitrogen and oxygen atoms in total. The van der Waals surface area contributed by atoms with E-state index in [2.05, 4.69) is 27.1 Å². The van der Waals surface area contributed by atoms with Crippen LogP contribution in [0.1, 0.15) is 11.1 Å². The Balaban J connectivity index is 0.00000200. The highest BCUT2D eigenvalue weighted by Crippen LogP contribution is 2.05. The third kappa shape index (κ3) is 5.46. The molecule has 0 aliphatic rings. The predicted octanol–water partition coefficient (Wildman–Crippen LogP) is 3.37. The molecular formula is C14H17FIN3S. The first kappa shape index (κ1) is 16.9. The summed E-state index contributed by atoms with van der Waals surface area (Å²) in [6, 6.07) is 8.60. The van der Waals surface area contributed by atoms with E-state index in [4.69, 9.17) is 0 Å². The first-order valence-corrected chi connectivity index (χ1v) is 6.92. The molecule has 0 spiro atoms. The number of halogens is 2. The van der Waals surface area contributed by atoms with Gasteiger partial charge in [-0.1, -0.05) is 12.1 Å². The fourth-order valence-corrected chi connectivity index (χ4v) is 2.30. The number of nitrogens with one attached hydrogen (secondary N) is 2. The fourth-order valence-electron chi connectivity index (χ4n) is 1.63. The maximum Gasteiger partial charge on any atom is 0.191 e. The molecular weight excluding hydrogens is 388 g/mol. The highest BCUT2D eigenvalue weighted by atomic mass is 127. The van der Waals surface area contributed by atoms with Gasteiger partial charge in [-0.15, -0.1) is 24.0 Å². The second-order valence-electron chi connectivity index (χ2n) is 4.04. The van der Waals surface area contributed by atoms with Crippen molar-refractivity contribution in [2.75, 3.05) is 7.05 Å². The minimum Gasteiger partial charge on any atom is -0.352 e. The molecule has 0 aliphatic heterocycles. The summed E-state index contributed by atoms with van der Waals surface area (Å²) in [7, 11) is 1.72. The van der Waals surface area contributed by atoms with E-state index in [1.165, 1.54) is 17.7 Å². The Bertz CT molecular complexity index is 543. The van der Waals surface area contributed by atoms with Crippen molar-refractivity contribution in [3.63, 3.8) is 0 Å². The summed E-state index contributed by atoms with van der Waals surface area (Å²) in [5.74, 6) is 0.482. The number of hydrogen-bond acceptors (Lipinski definition) is 2. The van der Waals surface area contributed by atoms with Crippen LogP contribution < -0.4 is 10.6 Å². The molecule has 0 saturated heterocycles. The Morgan fingerprint density at radius 1 is 1.20 bits per heavy atom. The van der Waals surface area contributed by atoms with E-state index in [0.29, 0.717) is 12.5 Å². The standard InChI is InChI=1S/C14H16FN3S.HI/c1-16-14(18-9-12-5-6-19-10-12)17-8-11-3-2-4-13(15)7-11;/h2-7,10H,8-9H2,1H3,(H2,16,17,18);1H. The molecule has 0 saturated carbocycles. The van der Waals surface area contributed by atoms with E-state index in [0.717, 1.165) is 12.1 Å². The summed E-state index contributed by atoms with van der Waals surface area (Å²) in [6.07, 6.45) is 0. The van der Waals surface area contributed by atoms with Gasteiger partial charge in [-0.05, 0) is 40.1 Å². The lowest BCUT2D eigenvalue weighted by atomic mass is 10.2. The molecule has 1 aromatic carbocycles. The second-order valence-corrected chi connectivity index (χ2v) is 4.82. The van der Waals surface area contributed by atoms with Gasteiger partial charge in [0.05, 0.1) is 0 Å². The Kier molecular flexibility index (Phi) is 7.53. The molecule has 0 atom stereocenters. The maximum atomic E-state index is 13.0. The number of benzene rings is 1. The molecule has 2 N–H and O–H groups in total. The number of aliphatic imine (C=N–C) groups is 1. The normalized spacial score (nSPS) is 10.8. The Labute approximate surface area is 139 Å². The smallest absolute Gasteiger partial charge is 0.191 e. The predicted molar refractivity (Wildman–Crippen MR) is 93.2 cm³/mol. The minimum atomic E-state index is -0.222.